The van der Waals surface area contributed by atoms with Crippen molar-refractivity contribution in [2.45, 2.75) is 17.9 Å². The molecule has 3 rings (SSSR count). The topological polar surface area (TPSA) is 79.8 Å². The predicted octanol–water partition coefficient (Wildman–Crippen LogP) is 2.97. The Labute approximate surface area is 176 Å². The van der Waals surface area contributed by atoms with Crippen LogP contribution in [0, 0.1) is 5.92 Å². The van der Waals surface area contributed by atoms with Gasteiger partial charge >= 0.3 is 6.18 Å². The molecule has 6 nitrogen and oxygen atoms in total. The molecule has 160 valence electrons. The standard InChI is InChI=1S/C20H19F3N2O4S/c1-28-13-9-8-12(10-14(13)29-2)16-15(17(26)11-6-4-3-5-7-11)19(27,20(21,22)23)25-18(30)24-16/h3-10,15-16,27H,1-2H3,(H2,24,25,30)/t15-,16+,19-/m1/s1. The highest BCUT2D eigenvalue weighted by Crippen LogP contribution is 2.45. The van der Waals surface area contributed by atoms with E-state index in [0.29, 0.717) is 5.75 Å². The molecule has 3 N–H and O–H groups in total. The van der Waals surface area contributed by atoms with E-state index in [1.165, 1.54) is 56.7 Å². The number of carbonyl (C=O) groups is 1. The van der Waals surface area contributed by atoms with Gasteiger partial charge in [-0.3, -0.25) is 4.79 Å². The Bertz CT molecular complexity index is 955. The molecule has 0 spiro atoms. The van der Waals surface area contributed by atoms with Crippen molar-refractivity contribution in [2.24, 2.45) is 5.92 Å². The molecule has 0 unspecified atom stereocenters. The second-order valence-electron chi connectivity index (χ2n) is 6.66. The molecule has 30 heavy (non-hydrogen) atoms. The van der Waals surface area contributed by atoms with Crippen LogP contribution in [-0.2, 0) is 0 Å². The molecule has 1 fully saturated rings. The van der Waals surface area contributed by atoms with Crippen molar-refractivity contribution in [3.63, 3.8) is 0 Å². The van der Waals surface area contributed by atoms with E-state index in [-0.39, 0.29) is 16.9 Å². The van der Waals surface area contributed by atoms with Crippen LogP contribution in [0.25, 0.3) is 0 Å². The van der Waals surface area contributed by atoms with Crippen LogP contribution >= 0.6 is 12.2 Å². The van der Waals surface area contributed by atoms with Gasteiger partial charge in [0.25, 0.3) is 0 Å². The number of ketones is 1. The summed E-state index contributed by atoms with van der Waals surface area (Å²) >= 11 is 4.92. The molecule has 0 aromatic heterocycles. The summed E-state index contributed by atoms with van der Waals surface area (Å²) in [4.78, 5) is 13.2. The van der Waals surface area contributed by atoms with E-state index < -0.39 is 34.8 Å². The maximum Gasteiger partial charge on any atom is 0.437 e. The number of alkyl halides is 3. The van der Waals surface area contributed by atoms with Crippen molar-refractivity contribution in [2.75, 3.05) is 14.2 Å². The van der Waals surface area contributed by atoms with Crippen molar-refractivity contribution in [3.05, 3.63) is 59.7 Å². The highest BCUT2D eigenvalue weighted by molar-refractivity contribution is 7.80. The Morgan fingerprint density at radius 3 is 2.30 bits per heavy atom. The SMILES string of the molecule is COc1ccc([C@@H]2NC(=S)N[C@](O)(C(F)(F)F)[C@H]2C(=O)c2ccccc2)cc1OC. The average molecular weight is 440 g/mol. The Kier molecular flexibility index (Phi) is 5.91. The molecule has 10 heteroatoms. The number of carbonyl (C=O) groups excluding carboxylic acids is 1. The van der Waals surface area contributed by atoms with E-state index in [9.17, 15) is 23.1 Å². The van der Waals surface area contributed by atoms with Gasteiger partial charge in [0.2, 0.25) is 5.72 Å². The van der Waals surface area contributed by atoms with Crippen LogP contribution in [0.15, 0.2) is 48.5 Å². The molecule has 1 aliphatic rings. The quantitative estimate of drug-likeness (QED) is 0.487. The van der Waals surface area contributed by atoms with Crippen LogP contribution in [0.4, 0.5) is 13.2 Å². The van der Waals surface area contributed by atoms with Gasteiger partial charge in [-0.25, -0.2) is 0 Å². The minimum atomic E-state index is -5.19. The number of benzene rings is 2. The third kappa shape index (κ3) is 3.80. The fourth-order valence-corrected chi connectivity index (χ4v) is 3.73. The fraction of sp³-hybridized carbons (Fsp3) is 0.300. The van der Waals surface area contributed by atoms with Gasteiger partial charge < -0.3 is 25.2 Å². The second kappa shape index (κ2) is 8.11. The number of rotatable bonds is 5. The minimum absolute atomic E-state index is 0.0204. The van der Waals surface area contributed by atoms with Gasteiger partial charge in [-0.15, -0.1) is 0 Å². The number of thiocarbonyl (C=S) groups is 1. The second-order valence-corrected chi connectivity index (χ2v) is 7.07. The molecule has 1 heterocycles. The zero-order valence-electron chi connectivity index (χ0n) is 16.0. The van der Waals surface area contributed by atoms with E-state index in [0.717, 1.165) is 0 Å². The molecule has 3 atom stereocenters. The Morgan fingerprint density at radius 2 is 1.73 bits per heavy atom. The molecule has 0 aliphatic carbocycles. The van der Waals surface area contributed by atoms with Crippen molar-refractivity contribution in [3.8, 4) is 11.5 Å². The highest BCUT2D eigenvalue weighted by Gasteiger charge is 2.65. The van der Waals surface area contributed by atoms with Crippen LogP contribution in [0.1, 0.15) is 22.0 Å². The molecular formula is C20H19F3N2O4S. The lowest BCUT2D eigenvalue weighted by Gasteiger charge is -2.46. The van der Waals surface area contributed by atoms with Crippen LogP contribution in [0.2, 0.25) is 0 Å². The van der Waals surface area contributed by atoms with Gasteiger partial charge in [0.05, 0.1) is 20.3 Å². The van der Waals surface area contributed by atoms with Gasteiger partial charge in [-0.1, -0.05) is 36.4 Å². The average Bonchev–Trinajstić information content (AvgIpc) is 2.72. The Hall–Kier alpha value is -2.85. The van der Waals surface area contributed by atoms with Gasteiger partial charge in [-0.2, -0.15) is 13.2 Å². The number of hydrogen-bond donors (Lipinski definition) is 3. The van der Waals surface area contributed by atoms with Gasteiger partial charge in [-0.05, 0) is 29.9 Å². The molecule has 0 amide bonds. The van der Waals surface area contributed by atoms with E-state index in [2.05, 4.69) is 5.32 Å². The largest absolute Gasteiger partial charge is 0.493 e. The van der Waals surface area contributed by atoms with E-state index in [1.54, 1.807) is 6.07 Å². The Morgan fingerprint density at radius 1 is 1.10 bits per heavy atom. The molecule has 0 radical (unpaired) electrons. The smallest absolute Gasteiger partial charge is 0.437 e. The first kappa shape index (κ1) is 21.8. The van der Waals surface area contributed by atoms with Crippen LogP contribution in [0.3, 0.4) is 0 Å². The van der Waals surface area contributed by atoms with E-state index in [1.807, 2.05) is 5.32 Å². The maximum atomic E-state index is 14.0. The lowest BCUT2D eigenvalue weighted by Crippen LogP contribution is -2.72. The van der Waals surface area contributed by atoms with Crippen molar-refractivity contribution < 1.29 is 32.5 Å². The number of ether oxygens (including phenoxy) is 2. The van der Waals surface area contributed by atoms with E-state index in [4.69, 9.17) is 21.7 Å². The maximum absolute atomic E-state index is 14.0. The summed E-state index contributed by atoms with van der Waals surface area (Å²) in [6.45, 7) is 0. The first-order valence-electron chi connectivity index (χ1n) is 8.81. The summed E-state index contributed by atoms with van der Waals surface area (Å²) in [5.41, 5.74) is -3.30. The molecule has 2 aromatic rings. The van der Waals surface area contributed by atoms with Crippen molar-refractivity contribution >= 4 is 23.1 Å². The van der Waals surface area contributed by atoms with E-state index >= 15 is 0 Å². The van der Waals surface area contributed by atoms with Crippen LogP contribution < -0.4 is 20.1 Å². The molecular weight excluding hydrogens is 421 g/mol. The lowest BCUT2D eigenvalue weighted by molar-refractivity contribution is -0.285. The van der Waals surface area contributed by atoms with Gasteiger partial charge in [0.1, 0.15) is 5.92 Å². The first-order chi connectivity index (χ1) is 14.1. The number of halogens is 3. The zero-order valence-corrected chi connectivity index (χ0v) is 16.8. The van der Waals surface area contributed by atoms with Crippen molar-refractivity contribution in [1.82, 2.24) is 10.6 Å². The van der Waals surface area contributed by atoms with Gasteiger partial charge in [0.15, 0.2) is 22.4 Å². The predicted molar refractivity (Wildman–Crippen MR) is 106 cm³/mol. The monoisotopic (exact) mass is 440 g/mol. The van der Waals surface area contributed by atoms with Crippen LogP contribution in [0.5, 0.6) is 11.5 Å². The third-order valence-electron chi connectivity index (χ3n) is 4.91. The van der Waals surface area contributed by atoms with Crippen molar-refractivity contribution in [1.29, 1.82) is 0 Å². The summed E-state index contributed by atoms with van der Waals surface area (Å²) in [6.07, 6.45) is -5.19. The van der Waals surface area contributed by atoms with Gasteiger partial charge in [0, 0.05) is 5.56 Å². The number of Topliss-reactive ketones (excluding diaryl/α,β-unsaturated/α-hetero) is 1. The zero-order chi connectivity index (χ0) is 22.1. The molecule has 1 aliphatic heterocycles. The molecule has 1 saturated heterocycles. The number of nitrogens with one attached hydrogen (secondary N) is 2. The third-order valence-corrected chi connectivity index (χ3v) is 5.13. The highest BCUT2D eigenvalue weighted by atomic mass is 32.1. The molecule has 0 saturated carbocycles. The minimum Gasteiger partial charge on any atom is -0.493 e. The normalized spacial score (nSPS) is 23.9. The Balaban J connectivity index is 2.18. The molecule has 2 aromatic carbocycles. The lowest BCUT2D eigenvalue weighted by atomic mass is 9.77. The number of methoxy groups -OCH3 is 2. The summed E-state index contributed by atoms with van der Waals surface area (Å²) in [5.74, 6) is -2.28. The summed E-state index contributed by atoms with van der Waals surface area (Å²) in [5, 5.41) is 14.8. The number of hydrogen-bond acceptors (Lipinski definition) is 5. The number of aliphatic hydroxyl groups is 1. The summed E-state index contributed by atoms with van der Waals surface area (Å²) in [6, 6.07) is 10.6. The van der Waals surface area contributed by atoms with Crippen LogP contribution in [-0.4, -0.2) is 42.1 Å². The molecule has 0 bridgehead atoms. The summed E-state index contributed by atoms with van der Waals surface area (Å²) in [7, 11) is 2.79. The summed E-state index contributed by atoms with van der Waals surface area (Å²) < 4.78 is 52.3. The first-order valence-corrected chi connectivity index (χ1v) is 9.22. The fourth-order valence-electron chi connectivity index (χ4n) is 3.45.